The predicted octanol–water partition coefficient (Wildman–Crippen LogP) is 1.93. The van der Waals surface area contributed by atoms with Crippen LogP contribution >= 0.6 is 34.4 Å². The van der Waals surface area contributed by atoms with Crippen molar-refractivity contribution in [3.63, 3.8) is 0 Å². The lowest BCUT2D eigenvalue weighted by atomic mass is 10.1. The second kappa shape index (κ2) is 9.40. The first-order chi connectivity index (χ1) is 12.3. The molecular weight excluding hydrogens is 477 g/mol. The summed E-state index contributed by atoms with van der Waals surface area (Å²) in [5, 5.41) is 0. The average molecular weight is 495 g/mol. The van der Waals surface area contributed by atoms with Gasteiger partial charge in [-0.1, -0.05) is 0 Å². The molecule has 10 heteroatoms. The van der Waals surface area contributed by atoms with Gasteiger partial charge in [-0.3, -0.25) is 19.4 Å². The second-order valence-electron chi connectivity index (χ2n) is 5.42. The number of carbonyl (C=O) groups excluding carboxylic acids is 3. The molecular formula is C16H18INO7S. The van der Waals surface area contributed by atoms with Crippen molar-refractivity contribution >= 4 is 52.3 Å². The van der Waals surface area contributed by atoms with Gasteiger partial charge in [0.2, 0.25) is 0 Å². The number of esters is 3. The van der Waals surface area contributed by atoms with E-state index in [1.807, 2.05) is 0 Å². The molecule has 8 nitrogen and oxygen atoms in total. The minimum atomic E-state index is -0.971. The van der Waals surface area contributed by atoms with Crippen LogP contribution in [0.1, 0.15) is 20.8 Å². The maximum Gasteiger partial charge on any atom is 0.303 e. The van der Waals surface area contributed by atoms with Crippen LogP contribution in [0.4, 0.5) is 0 Å². The molecule has 1 fully saturated rings. The maximum absolute atomic E-state index is 11.6. The molecule has 0 N–H and O–H groups in total. The quantitative estimate of drug-likeness (QED) is 0.345. The fourth-order valence-electron chi connectivity index (χ4n) is 2.38. The van der Waals surface area contributed by atoms with E-state index in [0.29, 0.717) is 11.5 Å². The first-order valence-electron chi connectivity index (χ1n) is 7.67. The Morgan fingerprint density at radius 2 is 1.69 bits per heavy atom. The number of carbonyl (C=O) groups is 3. The van der Waals surface area contributed by atoms with E-state index < -0.39 is 41.7 Å². The molecule has 1 aliphatic rings. The van der Waals surface area contributed by atoms with Crippen molar-refractivity contribution in [1.29, 1.82) is 0 Å². The zero-order valence-corrected chi connectivity index (χ0v) is 17.3. The van der Waals surface area contributed by atoms with Gasteiger partial charge < -0.3 is 18.9 Å². The topological polar surface area (TPSA) is 101 Å². The Morgan fingerprint density at radius 1 is 1.08 bits per heavy atom. The van der Waals surface area contributed by atoms with E-state index in [1.165, 1.54) is 32.5 Å². The van der Waals surface area contributed by atoms with Crippen molar-refractivity contribution in [2.75, 3.05) is 5.75 Å². The smallest absolute Gasteiger partial charge is 0.303 e. The lowest BCUT2D eigenvalue weighted by molar-refractivity contribution is -0.186. The van der Waals surface area contributed by atoms with E-state index in [4.69, 9.17) is 18.9 Å². The molecule has 0 spiro atoms. The van der Waals surface area contributed by atoms with Crippen molar-refractivity contribution in [1.82, 2.24) is 4.98 Å². The molecule has 0 radical (unpaired) electrons. The van der Waals surface area contributed by atoms with Gasteiger partial charge in [0.15, 0.2) is 29.5 Å². The van der Waals surface area contributed by atoms with Gasteiger partial charge in [-0.05, 0) is 28.7 Å². The first kappa shape index (κ1) is 20.7. The molecule has 0 aliphatic carbocycles. The Hall–Kier alpha value is -1.56. The normalized spacial score (nSPS) is 25.1. The first-order valence-corrected chi connectivity index (χ1v) is 9.80. The number of nitrogens with zero attached hydrogens (tertiary/aromatic N) is 1. The summed E-state index contributed by atoms with van der Waals surface area (Å²) >= 11 is 3.40. The maximum atomic E-state index is 11.6. The lowest BCUT2D eigenvalue weighted by Gasteiger charge is -2.39. The third-order valence-corrected chi connectivity index (χ3v) is 5.39. The van der Waals surface area contributed by atoms with Crippen LogP contribution in [-0.2, 0) is 28.6 Å². The van der Waals surface area contributed by atoms with Crippen molar-refractivity contribution in [3.8, 4) is 5.75 Å². The van der Waals surface area contributed by atoms with Crippen LogP contribution in [-0.4, -0.2) is 52.4 Å². The highest BCUT2D eigenvalue weighted by Crippen LogP contribution is 2.35. The highest BCUT2D eigenvalue weighted by molar-refractivity contribution is 14.1. The van der Waals surface area contributed by atoms with E-state index in [0.717, 1.165) is 3.57 Å². The third-order valence-electron chi connectivity index (χ3n) is 3.28. The van der Waals surface area contributed by atoms with E-state index in [-0.39, 0.29) is 0 Å². The average Bonchev–Trinajstić information content (AvgIpc) is 2.53. The van der Waals surface area contributed by atoms with E-state index >= 15 is 0 Å². The number of rotatable bonds is 5. The molecule has 1 saturated heterocycles. The summed E-state index contributed by atoms with van der Waals surface area (Å²) in [6, 6.07) is 1.77. The fraction of sp³-hybridized carbons (Fsp3) is 0.500. The standard InChI is InChI=1S/C16H18INO7S/c1-8(19)22-13-7-26-16(25-12-6-18-5-4-11(12)17)15(24-10(3)21)14(13)23-9(2)20/h4-6,13-16H,7H2,1-3H3/t13-,14+,15-,16?/m1/s1. The van der Waals surface area contributed by atoms with Gasteiger partial charge >= 0.3 is 17.9 Å². The summed E-state index contributed by atoms with van der Waals surface area (Å²) in [5.41, 5.74) is -0.659. The van der Waals surface area contributed by atoms with Gasteiger partial charge in [-0.25, -0.2) is 0 Å². The van der Waals surface area contributed by atoms with E-state index in [1.54, 1.807) is 18.5 Å². The predicted molar refractivity (Wildman–Crippen MR) is 100 cm³/mol. The number of thioether (sulfide) groups is 1. The molecule has 0 saturated carbocycles. The number of aromatic nitrogens is 1. The van der Waals surface area contributed by atoms with Crippen LogP contribution in [0.25, 0.3) is 0 Å². The van der Waals surface area contributed by atoms with Crippen LogP contribution in [0.3, 0.4) is 0 Å². The van der Waals surface area contributed by atoms with Gasteiger partial charge in [0.25, 0.3) is 0 Å². The summed E-state index contributed by atoms with van der Waals surface area (Å²) < 4.78 is 22.7. The molecule has 1 aliphatic heterocycles. The number of hydrogen-bond acceptors (Lipinski definition) is 9. The summed E-state index contributed by atoms with van der Waals surface area (Å²) in [6.07, 6.45) is 0.506. The second-order valence-corrected chi connectivity index (χ2v) is 7.72. The molecule has 4 atom stereocenters. The molecule has 1 aromatic heterocycles. The van der Waals surface area contributed by atoms with E-state index in [9.17, 15) is 14.4 Å². The van der Waals surface area contributed by atoms with Gasteiger partial charge in [0, 0.05) is 32.7 Å². The van der Waals surface area contributed by atoms with Gasteiger partial charge in [0.05, 0.1) is 9.77 Å². The van der Waals surface area contributed by atoms with Crippen molar-refractivity contribution in [2.45, 2.75) is 44.5 Å². The van der Waals surface area contributed by atoms with E-state index in [2.05, 4.69) is 27.6 Å². The summed E-state index contributed by atoms with van der Waals surface area (Å²) in [4.78, 5) is 38.5. The fourth-order valence-corrected chi connectivity index (χ4v) is 4.02. The van der Waals surface area contributed by atoms with Gasteiger partial charge in [-0.2, -0.15) is 0 Å². The number of ether oxygens (including phenoxy) is 4. The highest BCUT2D eigenvalue weighted by atomic mass is 127. The SMILES string of the molecule is CC(=O)O[C@H]1[C@H](OC(C)=O)CSC(Oc2cnccc2I)[C@@H]1OC(C)=O. The van der Waals surface area contributed by atoms with Gasteiger partial charge in [0.1, 0.15) is 0 Å². The van der Waals surface area contributed by atoms with Crippen molar-refractivity contribution < 1.29 is 33.3 Å². The zero-order chi connectivity index (χ0) is 19.3. The van der Waals surface area contributed by atoms with Crippen molar-refractivity contribution in [2.24, 2.45) is 0 Å². The molecule has 1 aromatic rings. The molecule has 0 bridgehead atoms. The number of halogens is 1. The minimum Gasteiger partial charge on any atom is -0.473 e. The number of pyridine rings is 1. The van der Waals surface area contributed by atoms with Gasteiger partial charge in [-0.15, -0.1) is 11.8 Å². The molecule has 0 amide bonds. The van der Waals surface area contributed by atoms with Crippen LogP contribution < -0.4 is 4.74 Å². The molecule has 1 unspecified atom stereocenters. The van der Waals surface area contributed by atoms with Crippen LogP contribution in [0.2, 0.25) is 0 Å². The molecule has 2 rings (SSSR count). The Labute approximate surface area is 168 Å². The largest absolute Gasteiger partial charge is 0.473 e. The molecule has 2 heterocycles. The van der Waals surface area contributed by atoms with Crippen LogP contribution in [0.5, 0.6) is 5.75 Å². The lowest BCUT2D eigenvalue weighted by Crippen LogP contribution is -2.55. The van der Waals surface area contributed by atoms with Crippen LogP contribution in [0, 0.1) is 3.57 Å². The minimum absolute atomic E-state index is 0.316. The van der Waals surface area contributed by atoms with Crippen molar-refractivity contribution in [3.05, 3.63) is 22.0 Å². The Morgan fingerprint density at radius 3 is 2.27 bits per heavy atom. The Bertz CT molecular complexity index is 686. The monoisotopic (exact) mass is 495 g/mol. The highest BCUT2D eigenvalue weighted by Gasteiger charge is 2.47. The van der Waals surface area contributed by atoms with Crippen LogP contribution in [0.15, 0.2) is 18.5 Å². The third kappa shape index (κ3) is 5.73. The summed E-state index contributed by atoms with van der Waals surface area (Å²) in [7, 11) is 0. The molecule has 0 aromatic carbocycles. The zero-order valence-electron chi connectivity index (χ0n) is 14.3. The summed E-state index contributed by atoms with van der Waals surface area (Å²) in [6.45, 7) is 3.74. The molecule has 26 heavy (non-hydrogen) atoms. The Balaban J connectivity index is 2.29. The molecule has 142 valence electrons. The summed E-state index contributed by atoms with van der Waals surface area (Å²) in [5.74, 6) is -0.834. The number of hydrogen-bond donors (Lipinski definition) is 0. The Kier molecular flexibility index (Phi) is 7.50.